The zero-order valence-corrected chi connectivity index (χ0v) is 10.3. The summed E-state index contributed by atoms with van der Waals surface area (Å²) in [5.41, 5.74) is 3.73. The highest BCUT2D eigenvalue weighted by Gasteiger charge is 2.02. The minimum atomic E-state index is -0.216. The average molecular weight is 245 g/mol. The molecular weight excluding hydrogens is 229 g/mol. The summed E-state index contributed by atoms with van der Waals surface area (Å²) in [4.78, 5) is 0. The molecule has 2 aromatic carbocycles. The van der Waals surface area contributed by atoms with E-state index in [0.29, 0.717) is 6.54 Å². The number of hydrogen-bond acceptors (Lipinski definition) is 2. The van der Waals surface area contributed by atoms with Crippen LogP contribution < -0.4 is 5.32 Å². The third kappa shape index (κ3) is 2.87. The predicted octanol–water partition coefficient (Wildman–Crippen LogP) is 3.24. The molecule has 18 heavy (non-hydrogen) atoms. The Morgan fingerprint density at radius 3 is 2.61 bits per heavy atom. The molecule has 94 valence electrons. The van der Waals surface area contributed by atoms with Gasteiger partial charge in [-0.3, -0.25) is 0 Å². The molecule has 0 aliphatic heterocycles. The van der Waals surface area contributed by atoms with Crippen LogP contribution in [0.15, 0.2) is 42.5 Å². The lowest BCUT2D eigenvalue weighted by atomic mass is 10.1. The number of aryl methyl sites for hydroxylation is 1. The second kappa shape index (κ2) is 5.65. The number of aliphatic hydroxyl groups is 1. The summed E-state index contributed by atoms with van der Waals surface area (Å²) in [6.07, 6.45) is 0. The molecule has 0 aromatic heterocycles. The Morgan fingerprint density at radius 1 is 1.11 bits per heavy atom. The summed E-state index contributed by atoms with van der Waals surface area (Å²) < 4.78 is 13.0. The van der Waals surface area contributed by atoms with Crippen LogP contribution in [0.5, 0.6) is 0 Å². The van der Waals surface area contributed by atoms with Crippen LogP contribution in [0.4, 0.5) is 10.1 Å². The minimum Gasteiger partial charge on any atom is -0.392 e. The third-order valence-corrected chi connectivity index (χ3v) is 2.96. The van der Waals surface area contributed by atoms with Crippen LogP contribution in [0.3, 0.4) is 0 Å². The topological polar surface area (TPSA) is 32.3 Å². The van der Waals surface area contributed by atoms with Crippen LogP contribution >= 0.6 is 0 Å². The largest absolute Gasteiger partial charge is 0.392 e. The van der Waals surface area contributed by atoms with Gasteiger partial charge in [0.25, 0.3) is 0 Å². The number of benzene rings is 2. The highest BCUT2D eigenvalue weighted by Crippen LogP contribution is 2.17. The van der Waals surface area contributed by atoms with Crippen molar-refractivity contribution >= 4 is 5.69 Å². The van der Waals surface area contributed by atoms with Crippen molar-refractivity contribution < 1.29 is 9.50 Å². The summed E-state index contributed by atoms with van der Waals surface area (Å²) in [5, 5.41) is 12.5. The first-order valence-corrected chi connectivity index (χ1v) is 5.88. The lowest BCUT2D eigenvalue weighted by Crippen LogP contribution is -2.04. The Kier molecular flexibility index (Phi) is 3.95. The van der Waals surface area contributed by atoms with Crippen LogP contribution in [0, 0.1) is 12.7 Å². The number of aliphatic hydroxyl groups excluding tert-OH is 1. The van der Waals surface area contributed by atoms with Crippen molar-refractivity contribution in [3.05, 3.63) is 65.0 Å². The van der Waals surface area contributed by atoms with Crippen molar-refractivity contribution in [2.24, 2.45) is 0 Å². The fourth-order valence-electron chi connectivity index (χ4n) is 1.88. The fraction of sp³-hybridized carbons (Fsp3) is 0.200. The third-order valence-electron chi connectivity index (χ3n) is 2.96. The van der Waals surface area contributed by atoms with Gasteiger partial charge in [0.15, 0.2) is 0 Å². The van der Waals surface area contributed by atoms with E-state index in [4.69, 9.17) is 0 Å². The van der Waals surface area contributed by atoms with Crippen LogP contribution in [0.25, 0.3) is 0 Å². The first kappa shape index (κ1) is 12.6. The first-order valence-electron chi connectivity index (χ1n) is 5.88. The van der Waals surface area contributed by atoms with E-state index < -0.39 is 0 Å². The van der Waals surface area contributed by atoms with E-state index in [0.717, 1.165) is 22.4 Å². The molecular formula is C15H16FNO. The van der Waals surface area contributed by atoms with Crippen molar-refractivity contribution in [3.63, 3.8) is 0 Å². The Bertz CT molecular complexity index is 540. The van der Waals surface area contributed by atoms with Gasteiger partial charge in [0.2, 0.25) is 0 Å². The molecule has 0 aliphatic carbocycles. The maximum absolute atomic E-state index is 13.0. The average Bonchev–Trinajstić information content (AvgIpc) is 2.38. The lowest BCUT2D eigenvalue weighted by Gasteiger charge is -2.12. The summed E-state index contributed by atoms with van der Waals surface area (Å²) >= 11 is 0. The molecule has 0 fully saturated rings. The maximum atomic E-state index is 13.0. The molecule has 0 amide bonds. The van der Waals surface area contributed by atoms with Crippen molar-refractivity contribution in [3.8, 4) is 0 Å². The van der Waals surface area contributed by atoms with Crippen molar-refractivity contribution in [2.45, 2.75) is 20.1 Å². The summed E-state index contributed by atoms with van der Waals surface area (Å²) in [6, 6.07) is 12.4. The number of nitrogens with one attached hydrogen (secondary N) is 1. The van der Waals surface area contributed by atoms with Crippen LogP contribution in [0.1, 0.15) is 16.7 Å². The van der Waals surface area contributed by atoms with Gasteiger partial charge in [0.1, 0.15) is 5.82 Å². The quantitative estimate of drug-likeness (QED) is 0.866. The van der Waals surface area contributed by atoms with Crippen molar-refractivity contribution in [1.82, 2.24) is 0 Å². The molecule has 0 saturated heterocycles. The zero-order chi connectivity index (χ0) is 13.0. The van der Waals surface area contributed by atoms with Crippen molar-refractivity contribution in [2.75, 3.05) is 5.32 Å². The molecule has 0 saturated carbocycles. The summed E-state index contributed by atoms with van der Waals surface area (Å²) in [7, 11) is 0. The Hall–Kier alpha value is -1.87. The monoisotopic (exact) mass is 245 g/mol. The highest BCUT2D eigenvalue weighted by molar-refractivity contribution is 5.51. The molecule has 0 bridgehead atoms. The normalized spacial score (nSPS) is 10.4. The Labute approximate surface area is 106 Å². The van der Waals surface area contributed by atoms with Gasteiger partial charge in [-0.1, -0.05) is 24.3 Å². The van der Waals surface area contributed by atoms with E-state index in [9.17, 15) is 9.50 Å². The van der Waals surface area contributed by atoms with Crippen LogP contribution in [-0.2, 0) is 13.2 Å². The van der Waals surface area contributed by atoms with E-state index in [1.165, 1.54) is 12.1 Å². The van der Waals surface area contributed by atoms with E-state index >= 15 is 0 Å². The highest BCUT2D eigenvalue weighted by atomic mass is 19.1. The molecule has 2 N–H and O–H groups in total. The first-order chi connectivity index (χ1) is 8.70. The van der Waals surface area contributed by atoms with Gasteiger partial charge in [-0.15, -0.1) is 0 Å². The second-order valence-electron chi connectivity index (χ2n) is 4.24. The number of para-hydroxylation sites is 1. The second-order valence-corrected chi connectivity index (χ2v) is 4.24. The van der Waals surface area contributed by atoms with Gasteiger partial charge in [-0.25, -0.2) is 4.39 Å². The molecule has 0 spiro atoms. The molecule has 0 unspecified atom stereocenters. The molecule has 2 nitrogen and oxygen atoms in total. The van der Waals surface area contributed by atoms with Gasteiger partial charge in [-0.05, 0) is 36.2 Å². The number of halogens is 1. The van der Waals surface area contributed by atoms with Crippen molar-refractivity contribution in [1.29, 1.82) is 0 Å². The molecule has 3 heteroatoms. The summed E-state index contributed by atoms with van der Waals surface area (Å²) in [5.74, 6) is -0.216. The maximum Gasteiger partial charge on any atom is 0.123 e. The van der Waals surface area contributed by atoms with Crippen LogP contribution in [-0.4, -0.2) is 5.11 Å². The minimum absolute atomic E-state index is 0.00553. The van der Waals surface area contributed by atoms with Gasteiger partial charge < -0.3 is 10.4 Å². The number of rotatable bonds is 4. The summed E-state index contributed by atoms with van der Waals surface area (Å²) in [6.45, 7) is 2.51. The molecule has 0 aliphatic rings. The van der Waals surface area contributed by atoms with Gasteiger partial charge >= 0.3 is 0 Å². The van der Waals surface area contributed by atoms with E-state index in [1.54, 1.807) is 6.07 Å². The zero-order valence-electron chi connectivity index (χ0n) is 10.3. The molecule has 0 heterocycles. The fourth-order valence-corrected chi connectivity index (χ4v) is 1.88. The number of anilines is 1. The van der Waals surface area contributed by atoms with E-state index in [-0.39, 0.29) is 12.4 Å². The molecule has 0 radical (unpaired) electrons. The molecule has 0 atom stereocenters. The van der Waals surface area contributed by atoms with Gasteiger partial charge in [0, 0.05) is 17.8 Å². The predicted molar refractivity (Wildman–Crippen MR) is 70.8 cm³/mol. The molecule has 2 aromatic rings. The number of hydrogen-bond donors (Lipinski definition) is 2. The van der Waals surface area contributed by atoms with E-state index in [1.807, 2.05) is 31.2 Å². The van der Waals surface area contributed by atoms with Gasteiger partial charge in [0.05, 0.1) is 6.61 Å². The Balaban J connectivity index is 2.11. The van der Waals surface area contributed by atoms with Crippen LogP contribution in [0.2, 0.25) is 0 Å². The van der Waals surface area contributed by atoms with Gasteiger partial charge in [-0.2, -0.15) is 0 Å². The van der Waals surface area contributed by atoms with E-state index in [2.05, 4.69) is 5.32 Å². The Morgan fingerprint density at radius 2 is 1.89 bits per heavy atom. The lowest BCUT2D eigenvalue weighted by molar-refractivity contribution is 0.282. The smallest absolute Gasteiger partial charge is 0.123 e. The standard InChI is InChI=1S/C15H16FNO/c1-11-8-14(16)7-6-12(11)9-17-15-5-3-2-4-13(15)10-18/h2-8,17-18H,9-10H2,1H3. The molecule has 2 rings (SSSR count). The SMILES string of the molecule is Cc1cc(F)ccc1CNc1ccccc1CO.